The fraction of sp³-hybridized carbons (Fsp3) is 0.364. The number of amidine groups is 1. The van der Waals surface area contributed by atoms with Gasteiger partial charge in [0.15, 0.2) is 5.60 Å². The molecule has 5 rings (SSSR count). The molecule has 1 spiro atoms. The van der Waals surface area contributed by atoms with E-state index in [9.17, 15) is 19.4 Å². The largest absolute Gasteiger partial charge is 0.465 e. The van der Waals surface area contributed by atoms with E-state index in [-0.39, 0.29) is 31.5 Å². The lowest BCUT2D eigenvalue weighted by atomic mass is 9.88. The molecule has 0 bridgehead atoms. The third kappa shape index (κ3) is 2.99. The molecule has 0 aliphatic carbocycles. The molecule has 3 aliphatic rings. The van der Waals surface area contributed by atoms with E-state index in [0.29, 0.717) is 12.6 Å². The Labute approximate surface area is 173 Å². The molecule has 1 saturated heterocycles. The van der Waals surface area contributed by atoms with Crippen LogP contribution in [0.4, 0.5) is 9.18 Å². The fourth-order valence-corrected chi connectivity index (χ4v) is 4.64. The van der Waals surface area contributed by atoms with Crippen molar-refractivity contribution in [2.45, 2.75) is 24.2 Å². The van der Waals surface area contributed by atoms with Crippen molar-refractivity contribution in [2.75, 3.05) is 26.2 Å². The van der Waals surface area contributed by atoms with Crippen LogP contribution >= 0.6 is 0 Å². The Balaban J connectivity index is 1.48. The Hall–Kier alpha value is -3.13. The van der Waals surface area contributed by atoms with E-state index in [1.165, 1.54) is 17.7 Å². The van der Waals surface area contributed by atoms with Crippen molar-refractivity contribution in [3.05, 3.63) is 71.0 Å². The number of hydrogen-bond acceptors (Lipinski definition) is 5. The number of likely N-dealkylation sites (tertiary alicyclic amines) is 1. The lowest BCUT2D eigenvalue weighted by Crippen LogP contribution is -2.49. The van der Waals surface area contributed by atoms with Gasteiger partial charge < -0.3 is 24.7 Å². The zero-order valence-corrected chi connectivity index (χ0v) is 16.2. The second-order valence-electron chi connectivity index (χ2n) is 8.04. The maximum atomic E-state index is 13.6. The molecule has 7 nitrogen and oxygen atoms in total. The van der Waals surface area contributed by atoms with E-state index in [0.717, 1.165) is 22.4 Å². The monoisotopic (exact) mass is 411 g/mol. The van der Waals surface area contributed by atoms with Crippen molar-refractivity contribution in [3.8, 4) is 0 Å². The second kappa shape index (κ2) is 6.98. The molecule has 156 valence electrons. The van der Waals surface area contributed by atoms with Crippen molar-refractivity contribution >= 4 is 12.1 Å². The van der Waals surface area contributed by atoms with Gasteiger partial charge in [0.2, 0.25) is 0 Å². The van der Waals surface area contributed by atoms with Crippen molar-refractivity contribution < 1.29 is 24.1 Å². The molecule has 0 unspecified atom stereocenters. The van der Waals surface area contributed by atoms with Gasteiger partial charge in [-0.05, 0) is 35.2 Å². The fourth-order valence-electron chi connectivity index (χ4n) is 4.64. The van der Waals surface area contributed by atoms with Crippen LogP contribution in [0.1, 0.15) is 22.7 Å². The average molecular weight is 411 g/mol. The SMILES string of the molecule is O=C(O)N1C[C@H](O)[C@@]2(CN=C(N3CCc4ccccc4[C@@H]3c3ccc(F)cc3)O2)C1. The molecule has 30 heavy (non-hydrogen) atoms. The molecular formula is C22H22FN3O4. The molecule has 8 heteroatoms. The predicted octanol–water partition coefficient (Wildman–Crippen LogP) is 2.25. The lowest BCUT2D eigenvalue weighted by Gasteiger charge is -2.39. The zero-order chi connectivity index (χ0) is 20.9. The topological polar surface area (TPSA) is 85.6 Å². The van der Waals surface area contributed by atoms with Crippen LogP contribution in [0.25, 0.3) is 0 Å². The van der Waals surface area contributed by atoms with Gasteiger partial charge >= 0.3 is 6.09 Å². The normalized spacial score (nSPS) is 27.7. The van der Waals surface area contributed by atoms with Crippen LogP contribution < -0.4 is 0 Å². The first-order chi connectivity index (χ1) is 14.5. The highest BCUT2D eigenvalue weighted by Gasteiger charge is 2.54. The first-order valence-electron chi connectivity index (χ1n) is 9.96. The summed E-state index contributed by atoms with van der Waals surface area (Å²) in [5.41, 5.74) is 2.17. The minimum absolute atomic E-state index is 0.00234. The lowest BCUT2D eigenvalue weighted by molar-refractivity contribution is -0.0178. The smallest absolute Gasteiger partial charge is 0.407 e. The number of nitrogens with zero attached hydrogens (tertiary/aromatic N) is 3. The average Bonchev–Trinajstić information content (AvgIpc) is 3.32. The van der Waals surface area contributed by atoms with Gasteiger partial charge in [0.05, 0.1) is 25.7 Å². The van der Waals surface area contributed by atoms with Crippen LogP contribution in [-0.4, -0.2) is 70.0 Å². The van der Waals surface area contributed by atoms with Crippen molar-refractivity contribution in [1.82, 2.24) is 9.80 Å². The molecule has 3 heterocycles. The van der Waals surface area contributed by atoms with Crippen LogP contribution in [0.2, 0.25) is 0 Å². The highest BCUT2D eigenvalue weighted by Crippen LogP contribution is 2.39. The number of fused-ring (bicyclic) bond motifs is 1. The van der Waals surface area contributed by atoms with Gasteiger partial charge in [-0.15, -0.1) is 0 Å². The van der Waals surface area contributed by atoms with Crippen LogP contribution in [0.15, 0.2) is 53.5 Å². The minimum Gasteiger partial charge on any atom is -0.465 e. The number of carboxylic acid groups (broad SMARTS) is 1. The highest BCUT2D eigenvalue weighted by molar-refractivity contribution is 5.78. The minimum atomic E-state index is -1.08. The maximum Gasteiger partial charge on any atom is 0.407 e. The summed E-state index contributed by atoms with van der Waals surface area (Å²) in [6, 6.07) is 14.7. The number of benzene rings is 2. The van der Waals surface area contributed by atoms with Gasteiger partial charge in [0.25, 0.3) is 6.02 Å². The van der Waals surface area contributed by atoms with Crippen LogP contribution in [-0.2, 0) is 11.2 Å². The summed E-state index contributed by atoms with van der Waals surface area (Å²) < 4.78 is 19.7. The van der Waals surface area contributed by atoms with Crippen molar-refractivity contribution in [3.63, 3.8) is 0 Å². The summed E-state index contributed by atoms with van der Waals surface area (Å²) in [7, 11) is 0. The number of β-amino-alcohol motifs (C(OH)–C–C–N with tert-alkyl or cyclic N) is 1. The molecule has 2 aromatic carbocycles. The molecule has 2 N–H and O–H groups in total. The molecular weight excluding hydrogens is 389 g/mol. The number of rotatable bonds is 1. The Bertz CT molecular complexity index is 1010. The number of ether oxygens (including phenoxy) is 1. The van der Waals surface area contributed by atoms with E-state index >= 15 is 0 Å². The molecule has 0 radical (unpaired) electrons. The van der Waals surface area contributed by atoms with E-state index in [2.05, 4.69) is 17.1 Å². The van der Waals surface area contributed by atoms with Gasteiger partial charge in [-0.1, -0.05) is 36.4 Å². The summed E-state index contributed by atoms with van der Waals surface area (Å²) in [6.45, 7) is 0.915. The molecule has 1 fully saturated rings. The van der Waals surface area contributed by atoms with Gasteiger partial charge in [-0.2, -0.15) is 0 Å². The maximum absolute atomic E-state index is 13.6. The summed E-state index contributed by atoms with van der Waals surface area (Å²) in [6.07, 6.45) is -1.23. The Morgan fingerprint density at radius 2 is 1.97 bits per heavy atom. The first kappa shape index (κ1) is 18.9. The molecule has 1 amide bonds. The number of halogens is 1. The molecule has 2 aromatic rings. The number of aliphatic hydroxyl groups excluding tert-OH is 1. The van der Waals surface area contributed by atoms with E-state index in [1.54, 1.807) is 12.1 Å². The Kier molecular flexibility index (Phi) is 4.39. The van der Waals surface area contributed by atoms with Crippen LogP contribution in [0, 0.1) is 5.82 Å². The molecule has 3 atom stereocenters. The number of carbonyl (C=O) groups is 1. The molecule has 0 aromatic heterocycles. The van der Waals surface area contributed by atoms with Crippen molar-refractivity contribution in [1.29, 1.82) is 0 Å². The third-order valence-corrected chi connectivity index (χ3v) is 6.22. The van der Waals surface area contributed by atoms with Crippen LogP contribution in [0.5, 0.6) is 0 Å². The standard InChI is InChI=1S/C22H22FN3O4/c23-16-7-5-15(6-8-16)19-17-4-2-1-3-14(17)9-10-26(19)20-24-12-22(30-20)13-25(21(28)29)11-18(22)27/h1-8,18-19,27H,9-13H2,(H,28,29)/t18-,19-,22+/m0/s1. The van der Waals surface area contributed by atoms with Crippen LogP contribution in [0.3, 0.4) is 0 Å². The summed E-state index contributed by atoms with van der Waals surface area (Å²) in [5, 5.41) is 19.8. The predicted molar refractivity (Wildman–Crippen MR) is 107 cm³/mol. The van der Waals surface area contributed by atoms with Gasteiger partial charge in [0, 0.05) is 6.54 Å². The summed E-state index contributed by atoms with van der Waals surface area (Å²) in [5.74, 6) is -0.300. The number of aliphatic imine (C=N–C) groups is 1. The Morgan fingerprint density at radius 1 is 1.20 bits per heavy atom. The van der Waals surface area contributed by atoms with Gasteiger partial charge in [-0.3, -0.25) is 0 Å². The van der Waals surface area contributed by atoms with Gasteiger partial charge in [0.1, 0.15) is 11.9 Å². The highest BCUT2D eigenvalue weighted by atomic mass is 19.1. The quantitative estimate of drug-likeness (QED) is 0.752. The zero-order valence-electron chi connectivity index (χ0n) is 16.2. The number of amides is 1. The van der Waals surface area contributed by atoms with E-state index in [1.807, 2.05) is 17.0 Å². The first-order valence-corrected chi connectivity index (χ1v) is 9.96. The van der Waals surface area contributed by atoms with E-state index < -0.39 is 17.8 Å². The Morgan fingerprint density at radius 3 is 2.70 bits per heavy atom. The van der Waals surface area contributed by atoms with Gasteiger partial charge in [-0.25, -0.2) is 14.2 Å². The number of hydrogen-bond donors (Lipinski definition) is 2. The number of aliphatic hydroxyl groups is 1. The summed E-state index contributed by atoms with van der Waals surface area (Å²) >= 11 is 0. The molecule has 3 aliphatic heterocycles. The molecule has 0 saturated carbocycles. The van der Waals surface area contributed by atoms with Crippen molar-refractivity contribution in [2.24, 2.45) is 4.99 Å². The third-order valence-electron chi connectivity index (χ3n) is 6.22. The second-order valence-corrected chi connectivity index (χ2v) is 8.04. The van der Waals surface area contributed by atoms with E-state index in [4.69, 9.17) is 4.74 Å². The summed E-state index contributed by atoms with van der Waals surface area (Å²) in [4.78, 5) is 19.1.